The summed E-state index contributed by atoms with van der Waals surface area (Å²) in [4.78, 5) is 11.0. The second-order valence-corrected chi connectivity index (χ2v) is 6.96. The quantitative estimate of drug-likeness (QED) is 0.295. The Balaban J connectivity index is 2.20. The van der Waals surface area contributed by atoms with Gasteiger partial charge in [-0.15, -0.1) is 0 Å². The van der Waals surface area contributed by atoms with E-state index in [1.807, 2.05) is 12.2 Å². The van der Waals surface area contributed by atoms with Crippen molar-refractivity contribution in [2.45, 2.75) is 95.5 Å². The van der Waals surface area contributed by atoms with Gasteiger partial charge in [-0.05, 0) is 38.5 Å². The Hall–Kier alpha value is -1.17. The van der Waals surface area contributed by atoms with Gasteiger partial charge in [0.05, 0.1) is 31.5 Å². The van der Waals surface area contributed by atoms with Crippen molar-refractivity contribution in [3.63, 3.8) is 0 Å². The summed E-state index contributed by atoms with van der Waals surface area (Å²) < 4.78 is 10.4. The van der Waals surface area contributed by atoms with Crippen molar-refractivity contribution in [3.05, 3.63) is 24.3 Å². The van der Waals surface area contributed by atoms with E-state index in [4.69, 9.17) is 4.74 Å². The number of allylic oxidation sites excluding steroid dienone is 2. The van der Waals surface area contributed by atoms with Gasteiger partial charge in [0.15, 0.2) is 0 Å². The molecule has 0 aromatic heterocycles. The van der Waals surface area contributed by atoms with Crippen LogP contribution in [0.15, 0.2) is 24.3 Å². The third-order valence-corrected chi connectivity index (χ3v) is 4.71. The number of esters is 1. The fraction of sp³-hybridized carbons (Fsp3) is 0.762. The number of carbonyl (C=O) groups excluding carboxylic acids is 1. The van der Waals surface area contributed by atoms with Gasteiger partial charge in [0.1, 0.15) is 0 Å². The molecule has 1 heterocycles. The predicted octanol–water partition coefficient (Wildman–Crippen LogP) is 3.68. The van der Waals surface area contributed by atoms with Crippen LogP contribution >= 0.6 is 0 Å². The van der Waals surface area contributed by atoms with E-state index in [0.29, 0.717) is 25.7 Å². The Kier molecular flexibility index (Phi) is 12.3. The lowest BCUT2D eigenvalue weighted by atomic mass is 10.0. The van der Waals surface area contributed by atoms with Crippen LogP contribution in [0.4, 0.5) is 0 Å². The molecule has 2 unspecified atom stereocenters. The zero-order valence-corrected chi connectivity index (χ0v) is 16.3. The molecule has 150 valence electrons. The van der Waals surface area contributed by atoms with Crippen LogP contribution in [0.5, 0.6) is 0 Å². The maximum atomic E-state index is 11.0. The number of hydrogen-bond donors (Lipinski definition) is 2. The molecule has 1 fully saturated rings. The number of hydrogen-bond acceptors (Lipinski definition) is 5. The normalized spacial score (nSPS) is 24.5. The Morgan fingerprint density at radius 2 is 1.92 bits per heavy atom. The molecule has 0 bridgehead atoms. The van der Waals surface area contributed by atoms with Gasteiger partial charge in [-0.1, -0.05) is 44.1 Å². The van der Waals surface area contributed by atoms with Crippen LogP contribution in [0.25, 0.3) is 0 Å². The molecule has 0 radical (unpaired) electrons. The zero-order valence-electron chi connectivity index (χ0n) is 16.3. The van der Waals surface area contributed by atoms with Crippen LogP contribution in [0.2, 0.25) is 0 Å². The van der Waals surface area contributed by atoms with E-state index in [2.05, 4.69) is 23.8 Å². The number of methoxy groups -OCH3 is 1. The van der Waals surface area contributed by atoms with Crippen molar-refractivity contribution in [1.82, 2.24) is 0 Å². The first-order chi connectivity index (χ1) is 12.6. The SMILES string of the molecule is CCCCC/C=C\CC1O[C@@H](C(O)C/C=C\CCCC(=O)OC)C[C@H]1O. The molecule has 1 aliphatic rings. The Morgan fingerprint density at radius 3 is 2.65 bits per heavy atom. The van der Waals surface area contributed by atoms with E-state index >= 15 is 0 Å². The molecule has 4 atom stereocenters. The summed E-state index contributed by atoms with van der Waals surface area (Å²) in [5.74, 6) is -0.197. The maximum absolute atomic E-state index is 11.0. The highest BCUT2D eigenvalue weighted by Crippen LogP contribution is 2.26. The van der Waals surface area contributed by atoms with Gasteiger partial charge in [0.2, 0.25) is 0 Å². The topological polar surface area (TPSA) is 76.0 Å². The van der Waals surface area contributed by atoms with Crippen molar-refractivity contribution >= 4 is 5.97 Å². The van der Waals surface area contributed by atoms with Crippen molar-refractivity contribution in [3.8, 4) is 0 Å². The fourth-order valence-electron chi connectivity index (χ4n) is 3.05. The first kappa shape index (κ1) is 22.9. The first-order valence-electron chi connectivity index (χ1n) is 9.96. The van der Waals surface area contributed by atoms with E-state index in [9.17, 15) is 15.0 Å². The summed E-state index contributed by atoms with van der Waals surface area (Å²) in [6.07, 6.45) is 14.8. The van der Waals surface area contributed by atoms with Crippen molar-refractivity contribution in [2.75, 3.05) is 7.11 Å². The molecule has 2 N–H and O–H groups in total. The Labute approximate surface area is 158 Å². The summed E-state index contributed by atoms with van der Waals surface area (Å²) in [5, 5.41) is 20.4. The van der Waals surface area contributed by atoms with Crippen molar-refractivity contribution in [1.29, 1.82) is 0 Å². The minimum absolute atomic E-state index is 0.197. The summed E-state index contributed by atoms with van der Waals surface area (Å²) >= 11 is 0. The molecule has 1 aliphatic heterocycles. The number of aliphatic hydroxyl groups is 2. The highest BCUT2D eigenvalue weighted by atomic mass is 16.5. The van der Waals surface area contributed by atoms with Crippen LogP contribution in [-0.4, -0.2) is 47.7 Å². The van der Waals surface area contributed by atoms with Crippen molar-refractivity contribution < 1.29 is 24.5 Å². The number of aliphatic hydroxyl groups excluding tert-OH is 2. The van der Waals surface area contributed by atoms with Crippen LogP contribution in [0.1, 0.15) is 71.1 Å². The monoisotopic (exact) mass is 368 g/mol. The molecular weight excluding hydrogens is 332 g/mol. The standard InChI is InChI=1S/C21H36O5/c1-3-4-5-6-7-11-14-19-18(23)16-20(26-19)17(22)13-10-8-9-12-15-21(24)25-2/h7-8,10-11,17-20,22-23H,3-6,9,12-16H2,1-2H3/b10-8-,11-7-/t17?,18-,19?,20-/m1/s1. The molecular formula is C21H36O5. The molecule has 0 aromatic carbocycles. The van der Waals surface area contributed by atoms with Crippen LogP contribution in [0, 0.1) is 0 Å². The van der Waals surface area contributed by atoms with E-state index in [1.165, 1.54) is 26.4 Å². The number of carbonyl (C=O) groups is 1. The molecule has 1 rings (SSSR count). The molecule has 0 spiro atoms. The smallest absolute Gasteiger partial charge is 0.305 e. The van der Waals surface area contributed by atoms with Gasteiger partial charge >= 0.3 is 5.97 Å². The van der Waals surface area contributed by atoms with Crippen LogP contribution in [0.3, 0.4) is 0 Å². The summed E-state index contributed by atoms with van der Waals surface area (Å²) in [6, 6.07) is 0. The van der Waals surface area contributed by atoms with Gasteiger partial charge in [0, 0.05) is 12.8 Å². The largest absolute Gasteiger partial charge is 0.469 e. The lowest BCUT2D eigenvalue weighted by Gasteiger charge is -2.17. The maximum Gasteiger partial charge on any atom is 0.305 e. The minimum atomic E-state index is -0.611. The van der Waals surface area contributed by atoms with E-state index in [0.717, 1.165) is 19.3 Å². The number of ether oxygens (including phenoxy) is 2. The third kappa shape index (κ3) is 9.51. The highest BCUT2D eigenvalue weighted by molar-refractivity contribution is 5.69. The summed E-state index contributed by atoms with van der Waals surface area (Å²) in [6.45, 7) is 2.19. The molecule has 0 amide bonds. The van der Waals surface area contributed by atoms with E-state index in [-0.39, 0.29) is 18.2 Å². The fourth-order valence-corrected chi connectivity index (χ4v) is 3.05. The second-order valence-electron chi connectivity index (χ2n) is 6.96. The molecule has 1 saturated heterocycles. The summed E-state index contributed by atoms with van der Waals surface area (Å²) in [5.41, 5.74) is 0. The lowest BCUT2D eigenvalue weighted by molar-refractivity contribution is -0.140. The molecule has 0 saturated carbocycles. The van der Waals surface area contributed by atoms with Crippen LogP contribution in [-0.2, 0) is 14.3 Å². The Bertz CT molecular complexity index is 432. The summed E-state index contributed by atoms with van der Waals surface area (Å²) in [7, 11) is 1.39. The minimum Gasteiger partial charge on any atom is -0.469 e. The Morgan fingerprint density at radius 1 is 1.19 bits per heavy atom. The molecule has 5 heteroatoms. The molecule has 26 heavy (non-hydrogen) atoms. The second kappa shape index (κ2) is 14.0. The van der Waals surface area contributed by atoms with Gasteiger partial charge in [-0.2, -0.15) is 0 Å². The van der Waals surface area contributed by atoms with Crippen molar-refractivity contribution in [2.24, 2.45) is 0 Å². The average molecular weight is 369 g/mol. The first-order valence-corrected chi connectivity index (χ1v) is 9.96. The lowest BCUT2D eigenvalue weighted by Crippen LogP contribution is -2.25. The van der Waals surface area contributed by atoms with Gasteiger partial charge in [-0.25, -0.2) is 0 Å². The zero-order chi connectivity index (χ0) is 19.2. The van der Waals surface area contributed by atoms with Crippen LogP contribution < -0.4 is 0 Å². The number of unbranched alkanes of at least 4 members (excludes halogenated alkanes) is 4. The van der Waals surface area contributed by atoms with E-state index < -0.39 is 12.2 Å². The number of rotatable bonds is 13. The molecule has 0 aliphatic carbocycles. The van der Waals surface area contributed by atoms with Gasteiger partial charge < -0.3 is 19.7 Å². The highest BCUT2D eigenvalue weighted by Gasteiger charge is 2.36. The molecule has 0 aromatic rings. The van der Waals surface area contributed by atoms with Gasteiger partial charge in [0.25, 0.3) is 0 Å². The average Bonchev–Trinajstić information content (AvgIpc) is 3.01. The molecule has 5 nitrogen and oxygen atoms in total. The predicted molar refractivity (Wildman–Crippen MR) is 103 cm³/mol. The van der Waals surface area contributed by atoms with E-state index in [1.54, 1.807) is 0 Å². The van der Waals surface area contributed by atoms with Gasteiger partial charge in [-0.3, -0.25) is 4.79 Å². The third-order valence-electron chi connectivity index (χ3n) is 4.71.